The number of nitro benzene ring substituents is 1. The zero-order valence-corrected chi connectivity index (χ0v) is 10.8. The van der Waals surface area contributed by atoms with Crippen LogP contribution in [0.4, 0.5) is 5.69 Å². The highest BCUT2D eigenvalue weighted by molar-refractivity contribution is 6.11. The molecule has 0 amide bonds. The number of non-ortho nitro benzene ring substituents is 1. The lowest BCUT2D eigenvalue weighted by Crippen LogP contribution is -2.06. The Morgan fingerprint density at radius 3 is 2.76 bits per heavy atom. The summed E-state index contributed by atoms with van der Waals surface area (Å²) >= 11 is 0. The van der Waals surface area contributed by atoms with E-state index in [1.165, 1.54) is 18.2 Å². The monoisotopic (exact) mass is 282 g/mol. The van der Waals surface area contributed by atoms with Crippen molar-refractivity contribution >= 4 is 17.6 Å². The smallest absolute Gasteiger partial charge is 0.363 e. The Labute approximate surface area is 119 Å². The van der Waals surface area contributed by atoms with Gasteiger partial charge in [0, 0.05) is 23.6 Å². The zero-order valence-electron chi connectivity index (χ0n) is 10.8. The average molecular weight is 282 g/mol. The fourth-order valence-corrected chi connectivity index (χ4v) is 2.04. The number of rotatable bonds is 3. The van der Waals surface area contributed by atoms with Gasteiger partial charge in [0.05, 0.1) is 4.92 Å². The molecule has 0 saturated carbocycles. The Hall–Kier alpha value is -3.02. The number of cyclic esters (lactones) is 1. The van der Waals surface area contributed by atoms with Gasteiger partial charge in [0.25, 0.3) is 5.69 Å². The number of ether oxygens (including phenoxy) is 1. The fourth-order valence-electron chi connectivity index (χ4n) is 2.04. The molecule has 1 aliphatic heterocycles. The van der Waals surface area contributed by atoms with Crippen molar-refractivity contribution in [3.05, 3.63) is 76.0 Å². The Balaban J connectivity index is 1.91. The van der Waals surface area contributed by atoms with Gasteiger partial charge in [-0.25, -0.2) is 9.79 Å². The summed E-state index contributed by atoms with van der Waals surface area (Å²) in [6, 6.07) is 5.82. The second-order valence-electron chi connectivity index (χ2n) is 4.51. The van der Waals surface area contributed by atoms with Crippen molar-refractivity contribution in [1.29, 1.82) is 0 Å². The summed E-state index contributed by atoms with van der Waals surface area (Å²) in [4.78, 5) is 26.1. The summed E-state index contributed by atoms with van der Waals surface area (Å²) in [7, 11) is 0. The van der Waals surface area contributed by atoms with E-state index in [4.69, 9.17) is 4.74 Å². The van der Waals surface area contributed by atoms with E-state index in [0.717, 1.165) is 0 Å². The molecule has 0 radical (unpaired) electrons. The van der Waals surface area contributed by atoms with E-state index < -0.39 is 10.9 Å². The molecule has 1 heterocycles. The Kier molecular flexibility index (Phi) is 3.19. The number of nitrogens with zero attached hydrogens (tertiary/aromatic N) is 2. The minimum atomic E-state index is -0.551. The van der Waals surface area contributed by atoms with Gasteiger partial charge in [0.1, 0.15) is 5.70 Å². The molecule has 0 atom stereocenters. The first-order valence-electron chi connectivity index (χ1n) is 6.26. The van der Waals surface area contributed by atoms with Crippen molar-refractivity contribution < 1.29 is 14.5 Å². The molecule has 0 N–H and O–H groups in total. The van der Waals surface area contributed by atoms with Crippen LogP contribution in [0.3, 0.4) is 0 Å². The van der Waals surface area contributed by atoms with Gasteiger partial charge in [0.15, 0.2) is 0 Å². The first-order chi connectivity index (χ1) is 10.1. The van der Waals surface area contributed by atoms with Crippen molar-refractivity contribution in [3.63, 3.8) is 0 Å². The Morgan fingerprint density at radius 2 is 2.05 bits per heavy atom. The molecular weight excluding hydrogens is 272 g/mol. The summed E-state index contributed by atoms with van der Waals surface area (Å²) in [6.45, 7) is 0. The number of esters is 1. The number of aliphatic imine (C=N–C) groups is 1. The minimum absolute atomic E-state index is 0.0146. The van der Waals surface area contributed by atoms with E-state index in [9.17, 15) is 14.9 Å². The number of carbonyl (C=O) groups excluding carboxylic acids is 1. The van der Waals surface area contributed by atoms with E-state index in [1.54, 1.807) is 12.1 Å². The molecule has 1 aromatic carbocycles. The normalized spacial score (nSPS) is 19.1. The quantitative estimate of drug-likeness (QED) is 0.369. The Morgan fingerprint density at radius 1 is 1.29 bits per heavy atom. The van der Waals surface area contributed by atoms with Crippen molar-refractivity contribution in [1.82, 2.24) is 0 Å². The van der Waals surface area contributed by atoms with Crippen LogP contribution < -0.4 is 0 Å². The number of nitro groups is 1. The summed E-state index contributed by atoms with van der Waals surface area (Å²) < 4.78 is 5.08. The molecule has 0 spiro atoms. The molecule has 0 bridgehead atoms. The molecule has 0 aromatic heterocycles. The number of allylic oxidation sites excluding steroid dienone is 5. The highest BCUT2D eigenvalue weighted by Crippen LogP contribution is 2.22. The SMILES string of the molecule is O=C1OC(c2cccc([N+](=O)[O-])c2)=N/C1=C/C1C=CC=C1. The maximum absolute atomic E-state index is 11.8. The van der Waals surface area contributed by atoms with E-state index in [-0.39, 0.29) is 23.2 Å². The van der Waals surface area contributed by atoms with Gasteiger partial charge >= 0.3 is 5.97 Å². The lowest BCUT2D eigenvalue weighted by atomic mass is 10.1. The van der Waals surface area contributed by atoms with Gasteiger partial charge in [-0.1, -0.05) is 30.4 Å². The molecule has 0 saturated heterocycles. The molecule has 0 unspecified atom stereocenters. The molecular formula is C15H10N2O4. The van der Waals surface area contributed by atoms with Crippen LogP contribution >= 0.6 is 0 Å². The second kappa shape index (κ2) is 5.16. The molecule has 104 valence electrons. The topological polar surface area (TPSA) is 81.8 Å². The van der Waals surface area contributed by atoms with Crippen LogP contribution in [0, 0.1) is 16.0 Å². The van der Waals surface area contributed by atoms with Crippen LogP contribution in [0.2, 0.25) is 0 Å². The minimum Gasteiger partial charge on any atom is -0.402 e. The van der Waals surface area contributed by atoms with Crippen molar-refractivity contribution in [2.45, 2.75) is 0 Å². The standard InChI is InChI=1S/C15H10N2O4/c18-15-13(8-10-4-1-2-5-10)16-14(21-15)11-6-3-7-12(9-11)17(19)20/h1-10H/b13-8+. The number of hydrogen-bond acceptors (Lipinski definition) is 5. The predicted molar refractivity (Wildman–Crippen MR) is 75.6 cm³/mol. The fraction of sp³-hybridized carbons (Fsp3) is 0.0667. The van der Waals surface area contributed by atoms with Gasteiger partial charge in [-0.15, -0.1) is 0 Å². The van der Waals surface area contributed by atoms with Crippen LogP contribution in [0.25, 0.3) is 0 Å². The Bertz CT molecular complexity index is 732. The van der Waals surface area contributed by atoms with E-state index in [0.29, 0.717) is 5.56 Å². The molecule has 0 fully saturated rings. The summed E-state index contributed by atoms with van der Waals surface area (Å²) in [5.74, 6) is -0.452. The third-order valence-corrected chi connectivity index (χ3v) is 3.05. The molecule has 6 nitrogen and oxygen atoms in total. The van der Waals surface area contributed by atoms with Gasteiger partial charge in [-0.05, 0) is 12.1 Å². The van der Waals surface area contributed by atoms with E-state index in [1.807, 2.05) is 24.3 Å². The van der Waals surface area contributed by atoms with E-state index >= 15 is 0 Å². The maximum Gasteiger partial charge on any atom is 0.363 e. The maximum atomic E-state index is 11.8. The third kappa shape index (κ3) is 2.64. The van der Waals surface area contributed by atoms with Crippen LogP contribution in [0.1, 0.15) is 5.56 Å². The highest BCUT2D eigenvalue weighted by Gasteiger charge is 2.25. The largest absolute Gasteiger partial charge is 0.402 e. The molecule has 1 aromatic rings. The summed E-state index contributed by atoms with van der Waals surface area (Å²) in [5.41, 5.74) is 0.529. The van der Waals surface area contributed by atoms with Crippen LogP contribution in [0.15, 0.2) is 65.3 Å². The number of hydrogen-bond donors (Lipinski definition) is 0. The molecule has 21 heavy (non-hydrogen) atoms. The molecule has 6 heteroatoms. The molecule has 2 aliphatic rings. The van der Waals surface area contributed by atoms with Crippen molar-refractivity contribution in [3.8, 4) is 0 Å². The van der Waals surface area contributed by atoms with Gasteiger partial charge < -0.3 is 4.74 Å². The molecule has 1 aliphatic carbocycles. The van der Waals surface area contributed by atoms with Crippen molar-refractivity contribution in [2.75, 3.05) is 0 Å². The summed E-state index contributed by atoms with van der Waals surface area (Å²) in [5, 5.41) is 10.8. The highest BCUT2D eigenvalue weighted by atomic mass is 16.6. The van der Waals surface area contributed by atoms with Crippen LogP contribution in [-0.4, -0.2) is 16.8 Å². The lowest BCUT2D eigenvalue weighted by Gasteiger charge is -1.98. The lowest BCUT2D eigenvalue weighted by molar-refractivity contribution is -0.384. The predicted octanol–water partition coefficient (Wildman–Crippen LogP) is 2.52. The first kappa shape index (κ1) is 13.0. The van der Waals surface area contributed by atoms with Gasteiger partial charge in [-0.3, -0.25) is 10.1 Å². The van der Waals surface area contributed by atoms with Crippen LogP contribution in [-0.2, 0) is 9.53 Å². The third-order valence-electron chi connectivity index (χ3n) is 3.05. The van der Waals surface area contributed by atoms with Crippen LogP contribution in [0.5, 0.6) is 0 Å². The van der Waals surface area contributed by atoms with Gasteiger partial charge in [-0.2, -0.15) is 0 Å². The number of benzene rings is 1. The summed E-state index contributed by atoms with van der Waals surface area (Å²) in [6.07, 6.45) is 9.29. The average Bonchev–Trinajstić information content (AvgIpc) is 3.10. The zero-order chi connectivity index (χ0) is 14.8. The number of carbonyl (C=O) groups is 1. The van der Waals surface area contributed by atoms with Crippen molar-refractivity contribution in [2.24, 2.45) is 10.9 Å². The molecule has 3 rings (SSSR count). The van der Waals surface area contributed by atoms with Gasteiger partial charge in [0.2, 0.25) is 5.90 Å². The second-order valence-corrected chi connectivity index (χ2v) is 4.51. The van der Waals surface area contributed by atoms with E-state index in [2.05, 4.69) is 4.99 Å². The first-order valence-corrected chi connectivity index (χ1v) is 6.26.